The average molecular weight is 145 g/mol. The van der Waals surface area contributed by atoms with E-state index in [2.05, 4.69) is 13.8 Å². The van der Waals surface area contributed by atoms with Gasteiger partial charge in [-0.3, -0.25) is 0 Å². The summed E-state index contributed by atoms with van der Waals surface area (Å²) in [6, 6.07) is 0. The molecule has 0 saturated carbocycles. The van der Waals surface area contributed by atoms with Crippen LogP contribution in [0, 0.1) is 0 Å². The van der Waals surface area contributed by atoms with Crippen molar-refractivity contribution in [2.24, 2.45) is 0 Å². The van der Waals surface area contributed by atoms with Crippen molar-refractivity contribution in [3.63, 3.8) is 0 Å². The molecule has 1 nitrogen and oxygen atoms in total. The first-order valence-corrected chi connectivity index (χ1v) is 4.05. The monoisotopic (exact) mass is 144 g/mol. The van der Waals surface area contributed by atoms with Gasteiger partial charge >= 0.3 is 48.9 Å². The van der Waals surface area contributed by atoms with E-state index in [0.717, 1.165) is 6.42 Å². The van der Waals surface area contributed by atoms with Gasteiger partial charge in [0.2, 0.25) is 0 Å². The van der Waals surface area contributed by atoms with Crippen molar-refractivity contribution in [3.8, 4) is 0 Å². The molecule has 0 N–H and O–H groups in total. The average Bonchev–Trinajstić information content (AvgIpc) is 1.65. The standard InChI is InChI=1S/C4H9O.Ga.2H/c1-3-4(2)5;;;/h4H,3H2,1-2H3;;;/q-1;+1;;. The van der Waals surface area contributed by atoms with Crippen LogP contribution in [0.1, 0.15) is 20.3 Å². The van der Waals surface area contributed by atoms with Crippen molar-refractivity contribution < 1.29 is 3.53 Å². The Labute approximate surface area is 49.4 Å². The Morgan fingerprint density at radius 1 is 1.83 bits per heavy atom. The molecule has 0 aromatic heterocycles. The quantitative estimate of drug-likeness (QED) is 0.509. The van der Waals surface area contributed by atoms with Crippen LogP contribution in [0.4, 0.5) is 0 Å². The van der Waals surface area contributed by atoms with Gasteiger partial charge < -0.3 is 0 Å². The molecule has 0 aliphatic carbocycles. The van der Waals surface area contributed by atoms with Gasteiger partial charge in [0.1, 0.15) is 0 Å². The minimum absolute atomic E-state index is 0.519. The van der Waals surface area contributed by atoms with Crippen LogP contribution >= 0.6 is 0 Å². The van der Waals surface area contributed by atoms with Crippen LogP contribution in [0.3, 0.4) is 0 Å². The van der Waals surface area contributed by atoms with Gasteiger partial charge in [0.05, 0.1) is 0 Å². The Bertz CT molecular complexity index is 26.7. The third-order valence-electron chi connectivity index (χ3n) is 0.977. The predicted molar refractivity (Wildman–Crippen MR) is 29.4 cm³/mol. The molecule has 2 heteroatoms. The van der Waals surface area contributed by atoms with Crippen molar-refractivity contribution in [1.29, 1.82) is 0 Å². The summed E-state index contributed by atoms with van der Waals surface area (Å²) >= 11 is 0.586. The third kappa shape index (κ3) is 2.81. The van der Waals surface area contributed by atoms with E-state index in [9.17, 15) is 0 Å². The summed E-state index contributed by atoms with van der Waals surface area (Å²) in [5, 5.41) is 0. The fourth-order valence-electron chi connectivity index (χ4n) is 0.167. The zero-order valence-corrected chi connectivity index (χ0v) is 8.89. The van der Waals surface area contributed by atoms with Gasteiger partial charge in [-0.05, 0) is 0 Å². The molecule has 0 saturated heterocycles. The van der Waals surface area contributed by atoms with Crippen LogP contribution in [0.2, 0.25) is 0 Å². The summed E-state index contributed by atoms with van der Waals surface area (Å²) < 4.78 is 5.09. The molecule has 0 heterocycles. The molecule has 0 aliphatic heterocycles. The number of rotatable bonds is 2. The van der Waals surface area contributed by atoms with E-state index in [0.29, 0.717) is 25.1 Å². The van der Waals surface area contributed by atoms with Crippen LogP contribution in [-0.4, -0.2) is 25.1 Å². The van der Waals surface area contributed by atoms with Crippen molar-refractivity contribution >= 4 is 19.0 Å². The molecule has 0 aliphatic rings. The van der Waals surface area contributed by atoms with Crippen molar-refractivity contribution in [2.45, 2.75) is 26.4 Å². The second-order valence-corrected chi connectivity index (χ2v) is 2.44. The van der Waals surface area contributed by atoms with Crippen molar-refractivity contribution in [3.05, 3.63) is 0 Å². The molecule has 0 amide bonds. The SMILES string of the molecule is CCC(C)[O][GaH2]. The van der Waals surface area contributed by atoms with Crippen molar-refractivity contribution in [1.82, 2.24) is 0 Å². The fourth-order valence-corrected chi connectivity index (χ4v) is 0.866. The van der Waals surface area contributed by atoms with Crippen LogP contribution in [0.5, 0.6) is 0 Å². The molecule has 36 valence electrons. The first-order valence-electron chi connectivity index (χ1n) is 2.34. The number of hydrogen-bond acceptors (Lipinski definition) is 1. The molecule has 1 unspecified atom stereocenters. The molecule has 0 rings (SSSR count). The van der Waals surface area contributed by atoms with E-state index in [-0.39, 0.29) is 0 Å². The van der Waals surface area contributed by atoms with Gasteiger partial charge in [-0.1, -0.05) is 0 Å². The van der Waals surface area contributed by atoms with Crippen LogP contribution in [-0.2, 0) is 3.53 Å². The van der Waals surface area contributed by atoms with Gasteiger partial charge in [0.25, 0.3) is 0 Å². The number of hydrogen-bond donors (Lipinski definition) is 0. The molecule has 0 fully saturated rings. The van der Waals surface area contributed by atoms with Gasteiger partial charge in [-0.25, -0.2) is 0 Å². The summed E-state index contributed by atoms with van der Waals surface area (Å²) in [4.78, 5) is 0. The van der Waals surface area contributed by atoms with E-state index < -0.39 is 0 Å². The van der Waals surface area contributed by atoms with E-state index in [4.69, 9.17) is 3.53 Å². The zero-order valence-electron chi connectivity index (χ0n) is 4.69. The second-order valence-electron chi connectivity index (χ2n) is 1.45. The van der Waals surface area contributed by atoms with E-state index in [1.165, 1.54) is 0 Å². The Morgan fingerprint density at radius 2 is 2.33 bits per heavy atom. The first kappa shape index (κ1) is 6.60. The van der Waals surface area contributed by atoms with Crippen LogP contribution < -0.4 is 0 Å². The summed E-state index contributed by atoms with van der Waals surface area (Å²) in [7, 11) is 0. The molecule has 0 spiro atoms. The fraction of sp³-hybridized carbons (Fsp3) is 1.00. The van der Waals surface area contributed by atoms with E-state index in [1.807, 2.05) is 0 Å². The summed E-state index contributed by atoms with van der Waals surface area (Å²) in [6.45, 7) is 4.24. The van der Waals surface area contributed by atoms with Crippen LogP contribution in [0.25, 0.3) is 0 Å². The van der Waals surface area contributed by atoms with Crippen molar-refractivity contribution in [2.75, 3.05) is 0 Å². The molecule has 0 aromatic carbocycles. The maximum atomic E-state index is 5.09. The molecular formula is C4H11GaO. The van der Waals surface area contributed by atoms with E-state index >= 15 is 0 Å². The Hall–Kier alpha value is 0.596. The molecule has 1 atom stereocenters. The Morgan fingerprint density at radius 3 is 2.33 bits per heavy atom. The topological polar surface area (TPSA) is 9.23 Å². The summed E-state index contributed by atoms with van der Waals surface area (Å²) in [6.07, 6.45) is 1.67. The first-order chi connectivity index (χ1) is 2.81. The normalized spacial score (nSPS) is 14.3. The predicted octanol–water partition coefficient (Wildman–Crippen LogP) is 0.350. The van der Waals surface area contributed by atoms with Gasteiger partial charge in [-0.15, -0.1) is 0 Å². The minimum atomic E-state index is 0.519. The zero-order chi connectivity index (χ0) is 4.99. The van der Waals surface area contributed by atoms with Gasteiger partial charge in [-0.2, -0.15) is 0 Å². The van der Waals surface area contributed by atoms with Gasteiger partial charge in [0, 0.05) is 0 Å². The van der Waals surface area contributed by atoms with Crippen LogP contribution in [0.15, 0.2) is 0 Å². The van der Waals surface area contributed by atoms with Gasteiger partial charge in [0.15, 0.2) is 0 Å². The molecule has 0 radical (unpaired) electrons. The third-order valence-corrected chi connectivity index (χ3v) is 2.67. The maximum absolute atomic E-state index is 5.09. The molecular weight excluding hydrogens is 134 g/mol. The summed E-state index contributed by atoms with van der Waals surface area (Å²) in [5.41, 5.74) is 0. The summed E-state index contributed by atoms with van der Waals surface area (Å²) in [5.74, 6) is 0. The second kappa shape index (κ2) is 3.78. The molecule has 0 bridgehead atoms. The Kier molecular flexibility index (Phi) is 4.15. The van der Waals surface area contributed by atoms with E-state index in [1.54, 1.807) is 0 Å². The molecule has 0 aromatic rings. The molecule has 6 heavy (non-hydrogen) atoms. The Balaban J connectivity index is 2.75.